The van der Waals surface area contributed by atoms with Crippen LogP contribution in [-0.4, -0.2) is 29.0 Å². The Morgan fingerprint density at radius 1 is 1.15 bits per heavy atom. The molecule has 0 aliphatic heterocycles. The number of aryl methyl sites for hydroxylation is 1. The fourth-order valence-electron chi connectivity index (χ4n) is 1.96. The summed E-state index contributed by atoms with van der Waals surface area (Å²) in [6.07, 6.45) is -2.15. The Balaban J connectivity index is 2.24. The van der Waals surface area contributed by atoms with E-state index in [2.05, 4.69) is 20.0 Å². The molecule has 2 N–H and O–H groups in total. The second-order valence-corrected chi connectivity index (χ2v) is 4.93. The number of urea groups is 1. The molecule has 0 unspecified atom stereocenters. The summed E-state index contributed by atoms with van der Waals surface area (Å²) in [4.78, 5) is 31.6. The molecule has 1 heterocycles. The van der Waals surface area contributed by atoms with Crippen molar-refractivity contribution in [1.29, 1.82) is 0 Å². The highest BCUT2D eigenvalue weighted by Crippen LogP contribution is 2.34. The van der Waals surface area contributed by atoms with Crippen LogP contribution in [0.1, 0.15) is 21.6 Å². The van der Waals surface area contributed by atoms with Crippen LogP contribution in [0.2, 0.25) is 0 Å². The number of methoxy groups -OCH3 is 1. The number of nitrogens with one attached hydrogen (secondary N) is 2. The van der Waals surface area contributed by atoms with Gasteiger partial charge in [0, 0.05) is 12.4 Å². The molecule has 0 aliphatic carbocycles. The lowest BCUT2D eigenvalue weighted by molar-refractivity contribution is -0.137. The number of imide groups is 1. The summed E-state index contributed by atoms with van der Waals surface area (Å²) in [5.74, 6) is -3.39. The first-order valence-corrected chi connectivity index (χ1v) is 6.98. The highest BCUT2D eigenvalue weighted by atomic mass is 19.4. The number of alkyl halides is 3. The molecule has 0 saturated carbocycles. The summed E-state index contributed by atoms with van der Waals surface area (Å²) >= 11 is 0. The van der Waals surface area contributed by atoms with E-state index in [-0.39, 0.29) is 11.9 Å². The zero-order valence-corrected chi connectivity index (χ0v) is 13.4. The fraction of sp³-hybridized carbons (Fsp3) is 0.200. The lowest BCUT2D eigenvalue weighted by Crippen LogP contribution is -2.35. The highest BCUT2D eigenvalue weighted by molar-refractivity contribution is 6.09. The maximum Gasteiger partial charge on any atom is 0.416 e. The number of benzene rings is 1. The average Bonchev–Trinajstić information content (AvgIpc) is 2.55. The summed E-state index contributed by atoms with van der Waals surface area (Å²) in [5.41, 5.74) is -1.82. The Bertz CT molecular complexity index is 855. The quantitative estimate of drug-likeness (QED) is 0.808. The molecule has 138 valence electrons. The molecule has 0 bridgehead atoms. The van der Waals surface area contributed by atoms with Crippen LogP contribution in [0.25, 0.3) is 0 Å². The van der Waals surface area contributed by atoms with Crippen molar-refractivity contribution in [3.8, 4) is 5.75 Å². The van der Waals surface area contributed by atoms with Gasteiger partial charge in [-0.3, -0.25) is 20.4 Å². The topological polar surface area (TPSA) is 93.2 Å². The Morgan fingerprint density at radius 3 is 2.38 bits per heavy atom. The standard InChI is InChI=1S/C15H12F4N4O3/c1-7-12(21-4-3-20-7)22-14(25)23-13(24)11-9(16)5-8(15(17,18)19)6-10(11)26-2/h3-6H,1-2H3,(H2,21,22,23,24,25). The molecule has 1 aromatic heterocycles. The molecule has 26 heavy (non-hydrogen) atoms. The largest absolute Gasteiger partial charge is 0.496 e. The first-order valence-electron chi connectivity index (χ1n) is 6.98. The molecule has 3 amide bonds. The van der Waals surface area contributed by atoms with Gasteiger partial charge in [0.05, 0.1) is 18.4 Å². The molecular weight excluding hydrogens is 360 g/mol. The minimum absolute atomic E-state index is 0.0534. The van der Waals surface area contributed by atoms with Gasteiger partial charge in [0.25, 0.3) is 5.91 Å². The van der Waals surface area contributed by atoms with Crippen molar-refractivity contribution in [2.45, 2.75) is 13.1 Å². The van der Waals surface area contributed by atoms with Gasteiger partial charge >= 0.3 is 12.2 Å². The van der Waals surface area contributed by atoms with Crippen molar-refractivity contribution in [3.63, 3.8) is 0 Å². The van der Waals surface area contributed by atoms with Crippen LogP contribution in [0.5, 0.6) is 5.75 Å². The Kier molecular flexibility index (Phi) is 5.38. The minimum atomic E-state index is -4.83. The molecule has 11 heteroatoms. The third-order valence-electron chi connectivity index (χ3n) is 3.17. The molecule has 0 saturated heterocycles. The highest BCUT2D eigenvalue weighted by Gasteiger charge is 2.34. The van der Waals surface area contributed by atoms with Crippen LogP contribution in [-0.2, 0) is 6.18 Å². The molecule has 0 radical (unpaired) electrons. The SMILES string of the molecule is COc1cc(C(F)(F)F)cc(F)c1C(=O)NC(=O)Nc1nccnc1C. The number of carbonyl (C=O) groups excluding carboxylic acids is 2. The second kappa shape index (κ2) is 7.33. The monoisotopic (exact) mass is 372 g/mol. The predicted molar refractivity (Wildman–Crippen MR) is 81.2 cm³/mol. The van der Waals surface area contributed by atoms with Crippen LogP contribution in [0.4, 0.5) is 28.2 Å². The fourth-order valence-corrected chi connectivity index (χ4v) is 1.96. The number of carbonyl (C=O) groups is 2. The number of ether oxygens (including phenoxy) is 1. The Morgan fingerprint density at radius 2 is 1.81 bits per heavy atom. The van der Waals surface area contributed by atoms with Gasteiger partial charge in [0.2, 0.25) is 0 Å². The zero-order chi connectivity index (χ0) is 19.5. The zero-order valence-electron chi connectivity index (χ0n) is 13.4. The maximum absolute atomic E-state index is 14.0. The van der Waals surface area contributed by atoms with Gasteiger partial charge in [0.15, 0.2) is 5.82 Å². The minimum Gasteiger partial charge on any atom is -0.496 e. The van der Waals surface area contributed by atoms with Crippen LogP contribution >= 0.6 is 0 Å². The lowest BCUT2D eigenvalue weighted by Gasteiger charge is -2.14. The van der Waals surface area contributed by atoms with E-state index >= 15 is 0 Å². The van der Waals surface area contributed by atoms with E-state index < -0.39 is 40.8 Å². The molecule has 1 aromatic carbocycles. The smallest absolute Gasteiger partial charge is 0.416 e. The van der Waals surface area contributed by atoms with E-state index in [1.807, 2.05) is 0 Å². The van der Waals surface area contributed by atoms with Gasteiger partial charge in [-0.25, -0.2) is 14.2 Å². The van der Waals surface area contributed by atoms with E-state index in [0.29, 0.717) is 11.8 Å². The first kappa shape index (κ1) is 19.1. The predicted octanol–water partition coefficient (Wildman–Crippen LogP) is 2.91. The first-order chi connectivity index (χ1) is 12.1. The van der Waals surface area contributed by atoms with Crippen molar-refractivity contribution in [2.24, 2.45) is 0 Å². The van der Waals surface area contributed by atoms with Crippen molar-refractivity contribution >= 4 is 17.8 Å². The van der Waals surface area contributed by atoms with Crippen LogP contribution in [0, 0.1) is 12.7 Å². The number of aromatic nitrogens is 2. The Labute approximate surface area is 144 Å². The van der Waals surface area contributed by atoms with Gasteiger partial charge in [-0.1, -0.05) is 0 Å². The van der Waals surface area contributed by atoms with E-state index in [0.717, 1.165) is 7.11 Å². The third-order valence-corrected chi connectivity index (χ3v) is 3.17. The number of halogens is 4. The number of rotatable bonds is 3. The molecule has 7 nitrogen and oxygen atoms in total. The average molecular weight is 372 g/mol. The summed E-state index contributed by atoms with van der Waals surface area (Å²) in [5, 5.41) is 4.00. The Hall–Kier alpha value is -3.24. The second-order valence-electron chi connectivity index (χ2n) is 4.93. The molecule has 2 aromatic rings. The number of amides is 3. The number of anilines is 1. The molecule has 0 aliphatic rings. The number of nitrogens with zero attached hydrogens (tertiary/aromatic N) is 2. The summed E-state index contributed by atoms with van der Waals surface area (Å²) in [7, 11) is 0.967. The van der Waals surface area contributed by atoms with E-state index in [4.69, 9.17) is 0 Å². The van der Waals surface area contributed by atoms with Crippen molar-refractivity contribution in [1.82, 2.24) is 15.3 Å². The third kappa shape index (κ3) is 4.23. The number of hydrogen-bond donors (Lipinski definition) is 2. The molecule has 0 fully saturated rings. The summed E-state index contributed by atoms with van der Waals surface area (Å²) in [6, 6.07) is -0.467. The lowest BCUT2D eigenvalue weighted by atomic mass is 10.1. The van der Waals surface area contributed by atoms with Gasteiger partial charge in [0.1, 0.15) is 17.1 Å². The van der Waals surface area contributed by atoms with E-state index in [1.165, 1.54) is 12.4 Å². The van der Waals surface area contributed by atoms with Gasteiger partial charge < -0.3 is 4.74 Å². The maximum atomic E-state index is 14.0. The van der Waals surface area contributed by atoms with Crippen molar-refractivity contribution in [3.05, 3.63) is 47.2 Å². The van der Waals surface area contributed by atoms with Gasteiger partial charge in [-0.2, -0.15) is 13.2 Å². The van der Waals surface area contributed by atoms with Crippen LogP contribution in [0.15, 0.2) is 24.5 Å². The summed E-state index contributed by atoms with van der Waals surface area (Å²) in [6.45, 7) is 1.54. The van der Waals surface area contributed by atoms with Crippen molar-refractivity contribution in [2.75, 3.05) is 12.4 Å². The van der Waals surface area contributed by atoms with Crippen LogP contribution in [0.3, 0.4) is 0 Å². The molecule has 0 spiro atoms. The van der Waals surface area contributed by atoms with E-state index in [1.54, 1.807) is 12.2 Å². The van der Waals surface area contributed by atoms with Gasteiger partial charge in [-0.15, -0.1) is 0 Å². The van der Waals surface area contributed by atoms with Gasteiger partial charge in [-0.05, 0) is 19.1 Å². The normalized spacial score (nSPS) is 11.0. The van der Waals surface area contributed by atoms with E-state index in [9.17, 15) is 27.2 Å². The number of hydrogen-bond acceptors (Lipinski definition) is 5. The van der Waals surface area contributed by atoms with Crippen molar-refractivity contribution < 1.29 is 31.9 Å². The molecular formula is C15H12F4N4O3. The molecule has 0 atom stereocenters. The van der Waals surface area contributed by atoms with Crippen LogP contribution < -0.4 is 15.4 Å². The summed E-state index contributed by atoms with van der Waals surface area (Å²) < 4.78 is 56.8. The molecule has 2 rings (SSSR count).